The monoisotopic (exact) mass is 356 g/mol. The lowest BCUT2D eigenvalue weighted by molar-refractivity contribution is 0.306. The molecular formula is C15H16N8O3. The Hall–Kier alpha value is -3.76. The lowest BCUT2D eigenvalue weighted by Crippen LogP contribution is -2.04. The van der Waals surface area contributed by atoms with Gasteiger partial charge in [0.1, 0.15) is 5.69 Å². The summed E-state index contributed by atoms with van der Waals surface area (Å²) in [4.78, 5) is 0. The number of benzene rings is 1. The van der Waals surface area contributed by atoms with Crippen LogP contribution in [0.25, 0.3) is 5.82 Å². The van der Waals surface area contributed by atoms with Gasteiger partial charge in [0.25, 0.3) is 0 Å². The molecule has 0 bridgehead atoms. The van der Waals surface area contributed by atoms with Gasteiger partial charge in [-0.3, -0.25) is 0 Å². The van der Waals surface area contributed by atoms with Crippen LogP contribution >= 0.6 is 0 Å². The van der Waals surface area contributed by atoms with Crippen molar-refractivity contribution in [1.82, 2.24) is 25.3 Å². The molecule has 3 aromatic rings. The maximum atomic E-state index is 9.59. The standard InChI is InChI=1S/C15H16N8O3/c1-8(18-17-7-10-4-5-11(24)12(6-10)25-3)13-9(2)23(22-19-13)15-14(16)20-26-21-15/h4-7,24H,1-3H3,(H2,16,20)/b17-7+,18-8+. The van der Waals surface area contributed by atoms with Crippen molar-refractivity contribution in [3.63, 3.8) is 0 Å². The summed E-state index contributed by atoms with van der Waals surface area (Å²) < 4.78 is 11.0. The molecule has 0 aliphatic rings. The zero-order chi connectivity index (χ0) is 18.7. The molecule has 1 aromatic carbocycles. The number of phenols is 1. The largest absolute Gasteiger partial charge is 0.504 e. The molecule has 11 nitrogen and oxygen atoms in total. The van der Waals surface area contributed by atoms with E-state index in [1.807, 2.05) is 0 Å². The van der Waals surface area contributed by atoms with Crippen molar-refractivity contribution in [3.05, 3.63) is 35.2 Å². The van der Waals surface area contributed by atoms with Crippen LogP contribution in [0.4, 0.5) is 5.82 Å². The number of nitrogen functional groups attached to an aromatic ring is 1. The van der Waals surface area contributed by atoms with E-state index >= 15 is 0 Å². The van der Waals surface area contributed by atoms with E-state index in [2.05, 4.69) is 35.5 Å². The Morgan fingerprint density at radius 1 is 1.38 bits per heavy atom. The average molecular weight is 356 g/mol. The van der Waals surface area contributed by atoms with Gasteiger partial charge in [0.15, 0.2) is 11.5 Å². The van der Waals surface area contributed by atoms with Crippen molar-refractivity contribution in [3.8, 4) is 17.3 Å². The predicted octanol–water partition coefficient (Wildman–Crippen LogP) is 1.10. The first-order valence-corrected chi connectivity index (χ1v) is 7.47. The number of nitrogens with two attached hydrogens (primary N) is 1. The first-order chi connectivity index (χ1) is 12.5. The third-order valence-electron chi connectivity index (χ3n) is 3.55. The molecule has 2 heterocycles. The SMILES string of the molecule is COc1cc(/C=N/N=C(\C)c2nnn(-c3nonc3N)c2C)ccc1O. The number of hydrogen-bond donors (Lipinski definition) is 2. The minimum atomic E-state index is 0.0539. The summed E-state index contributed by atoms with van der Waals surface area (Å²) in [5.41, 5.74) is 8.13. The fraction of sp³-hybridized carbons (Fsp3) is 0.200. The summed E-state index contributed by atoms with van der Waals surface area (Å²) in [7, 11) is 1.47. The van der Waals surface area contributed by atoms with Gasteiger partial charge in [0.2, 0.25) is 11.6 Å². The zero-order valence-corrected chi connectivity index (χ0v) is 14.3. The van der Waals surface area contributed by atoms with Crippen LogP contribution in [0.5, 0.6) is 11.5 Å². The van der Waals surface area contributed by atoms with E-state index < -0.39 is 0 Å². The van der Waals surface area contributed by atoms with Gasteiger partial charge < -0.3 is 15.6 Å². The zero-order valence-electron chi connectivity index (χ0n) is 14.3. The summed E-state index contributed by atoms with van der Waals surface area (Å²) in [6.45, 7) is 3.54. The Bertz CT molecular complexity index is 989. The molecule has 3 N–H and O–H groups in total. The second-order valence-electron chi connectivity index (χ2n) is 5.27. The van der Waals surface area contributed by atoms with Gasteiger partial charge in [-0.1, -0.05) is 5.21 Å². The fourth-order valence-electron chi connectivity index (χ4n) is 2.21. The predicted molar refractivity (Wildman–Crippen MR) is 92.8 cm³/mol. The van der Waals surface area contributed by atoms with E-state index in [4.69, 9.17) is 10.5 Å². The van der Waals surface area contributed by atoms with Crippen LogP contribution in [0.15, 0.2) is 33.0 Å². The fourth-order valence-corrected chi connectivity index (χ4v) is 2.21. The number of methoxy groups -OCH3 is 1. The van der Waals surface area contributed by atoms with Crippen LogP contribution in [-0.4, -0.2) is 49.4 Å². The molecule has 26 heavy (non-hydrogen) atoms. The minimum absolute atomic E-state index is 0.0539. The molecule has 0 amide bonds. The van der Waals surface area contributed by atoms with Crippen molar-refractivity contribution < 1.29 is 14.5 Å². The Balaban J connectivity index is 1.82. The molecule has 0 atom stereocenters. The van der Waals surface area contributed by atoms with E-state index in [9.17, 15) is 5.11 Å². The first kappa shape index (κ1) is 17.1. The topological polar surface area (TPSA) is 150 Å². The van der Waals surface area contributed by atoms with E-state index in [0.29, 0.717) is 22.8 Å². The van der Waals surface area contributed by atoms with Crippen LogP contribution in [0.3, 0.4) is 0 Å². The molecule has 0 saturated heterocycles. The second-order valence-corrected chi connectivity index (χ2v) is 5.27. The highest BCUT2D eigenvalue weighted by Crippen LogP contribution is 2.25. The summed E-state index contributed by atoms with van der Waals surface area (Å²) in [5, 5.41) is 33.0. The molecule has 0 unspecified atom stereocenters. The molecule has 0 radical (unpaired) electrons. The molecule has 0 aliphatic heterocycles. The Labute approximate surface area is 147 Å². The number of rotatable bonds is 5. The van der Waals surface area contributed by atoms with Crippen molar-refractivity contribution in [2.24, 2.45) is 10.2 Å². The smallest absolute Gasteiger partial charge is 0.243 e. The normalized spacial score (nSPS) is 12.0. The highest BCUT2D eigenvalue weighted by atomic mass is 16.6. The summed E-state index contributed by atoms with van der Waals surface area (Å²) >= 11 is 0. The second kappa shape index (κ2) is 7.01. The summed E-state index contributed by atoms with van der Waals surface area (Å²) in [6, 6.07) is 4.85. The van der Waals surface area contributed by atoms with E-state index in [1.165, 1.54) is 24.1 Å². The number of aromatic hydroxyl groups is 1. The van der Waals surface area contributed by atoms with Gasteiger partial charge in [0.05, 0.1) is 24.7 Å². The summed E-state index contributed by atoms with van der Waals surface area (Å²) in [6.07, 6.45) is 1.53. The Morgan fingerprint density at radius 2 is 2.19 bits per heavy atom. The minimum Gasteiger partial charge on any atom is -0.504 e. The molecule has 3 rings (SSSR count). The van der Waals surface area contributed by atoms with Crippen molar-refractivity contribution in [1.29, 1.82) is 0 Å². The molecule has 11 heteroatoms. The van der Waals surface area contributed by atoms with Crippen molar-refractivity contribution in [2.75, 3.05) is 12.8 Å². The molecular weight excluding hydrogens is 340 g/mol. The molecule has 0 saturated carbocycles. The van der Waals surface area contributed by atoms with Gasteiger partial charge in [-0.2, -0.15) is 14.9 Å². The third kappa shape index (κ3) is 3.22. The van der Waals surface area contributed by atoms with E-state index in [1.54, 1.807) is 26.0 Å². The maximum absolute atomic E-state index is 9.59. The van der Waals surface area contributed by atoms with Gasteiger partial charge in [-0.05, 0) is 47.9 Å². The Kier molecular flexibility index (Phi) is 4.60. The van der Waals surface area contributed by atoms with Crippen LogP contribution in [-0.2, 0) is 0 Å². The highest BCUT2D eigenvalue weighted by molar-refractivity contribution is 5.98. The number of ether oxygens (including phenoxy) is 1. The van der Waals surface area contributed by atoms with Crippen LogP contribution < -0.4 is 10.5 Å². The first-order valence-electron chi connectivity index (χ1n) is 7.47. The molecule has 0 fully saturated rings. The average Bonchev–Trinajstić information content (AvgIpc) is 3.21. The van der Waals surface area contributed by atoms with Crippen LogP contribution in [0.2, 0.25) is 0 Å². The molecule has 0 aliphatic carbocycles. The lowest BCUT2D eigenvalue weighted by atomic mass is 10.2. The number of nitrogens with zero attached hydrogens (tertiary/aromatic N) is 7. The highest BCUT2D eigenvalue weighted by Gasteiger charge is 2.17. The summed E-state index contributed by atoms with van der Waals surface area (Å²) in [5.74, 6) is 0.776. The molecule has 2 aromatic heterocycles. The number of phenolic OH excluding ortho intramolecular Hbond substituents is 1. The maximum Gasteiger partial charge on any atom is 0.243 e. The number of aromatic nitrogens is 5. The van der Waals surface area contributed by atoms with E-state index in [-0.39, 0.29) is 17.4 Å². The van der Waals surface area contributed by atoms with E-state index in [0.717, 1.165) is 5.56 Å². The van der Waals surface area contributed by atoms with Crippen molar-refractivity contribution in [2.45, 2.75) is 13.8 Å². The molecule has 0 spiro atoms. The lowest BCUT2D eigenvalue weighted by Gasteiger charge is -2.02. The van der Waals surface area contributed by atoms with Gasteiger partial charge in [-0.25, -0.2) is 4.63 Å². The Morgan fingerprint density at radius 3 is 2.88 bits per heavy atom. The van der Waals surface area contributed by atoms with Gasteiger partial charge in [0, 0.05) is 0 Å². The number of anilines is 1. The van der Waals surface area contributed by atoms with Gasteiger partial charge in [-0.15, -0.1) is 5.10 Å². The third-order valence-corrected chi connectivity index (χ3v) is 3.55. The quantitative estimate of drug-likeness (QED) is 0.509. The van der Waals surface area contributed by atoms with Crippen LogP contribution in [0, 0.1) is 6.92 Å². The van der Waals surface area contributed by atoms with Gasteiger partial charge >= 0.3 is 0 Å². The van der Waals surface area contributed by atoms with Crippen molar-refractivity contribution >= 4 is 17.7 Å². The molecule has 134 valence electrons. The van der Waals surface area contributed by atoms with Crippen LogP contribution in [0.1, 0.15) is 23.9 Å². The number of hydrogen-bond acceptors (Lipinski definition) is 10.